The van der Waals surface area contributed by atoms with Gasteiger partial charge in [-0.25, -0.2) is 4.68 Å². The van der Waals surface area contributed by atoms with E-state index >= 15 is 0 Å². The molecule has 2 aliphatic rings. The molecule has 1 amide bonds. The van der Waals surface area contributed by atoms with Crippen LogP contribution in [0.4, 0.5) is 19.0 Å². The molecular formula is C21H25F3N6O3S. The zero-order chi connectivity index (χ0) is 24.3. The Morgan fingerprint density at radius 1 is 1.32 bits per heavy atom. The van der Waals surface area contributed by atoms with Crippen molar-refractivity contribution in [3.05, 3.63) is 41.6 Å². The number of halogens is 3. The van der Waals surface area contributed by atoms with Crippen molar-refractivity contribution in [1.29, 1.82) is 0 Å². The summed E-state index contributed by atoms with van der Waals surface area (Å²) in [6.07, 6.45) is -1.76. The third kappa shape index (κ3) is 5.36. The fourth-order valence-electron chi connectivity index (χ4n) is 4.02. The average molecular weight is 499 g/mol. The van der Waals surface area contributed by atoms with E-state index in [0.29, 0.717) is 24.5 Å². The number of alkyl halides is 3. The Morgan fingerprint density at radius 2 is 2.09 bits per heavy atom. The molecule has 0 aliphatic carbocycles. The third-order valence-corrected chi connectivity index (χ3v) is 6.05. The fraction of sp³-hybridized carbons (Fsp3) is 0.476. The lowest BCUT2D eigenvalue weighted by atomic mass is 9.96. The maximum atomic E-state index is 13.8. The first-order valence-corrected chi connectivity index (χ1v) is 11.2. The number of methoxy groups -OCH3 is 1. The molecule has 0 radical (unpaired) electrons. The number of rotatable bonds is 5. The minimum atomic E-state index is -4.55. The number of fused-ring (bicyclic) bond motifs is 1. The van der Waals surface area contributed by atoms with Gasteiger partial charge < -0.3 is 20.1 Å². The number of ether oxygens (including phenoxy) is 2. The number of carbonyl (C=O) groups is 1. The Hall–Kier alpha value is -3.06. The van der Waals surface area contributed by atoms with Crippen molar-refractivity contribution >= 4 is 29.1 Å². The van der Waals surface area contributed by atoms with E-state index < -0.39 is 24.2 Å². The quantitative estimate of drug-likeness (QED) is 0.369. The molecule has 34 heavy (non-hydrogen) atoms. The number of hydrogen-bond donors (Lipinski definition) is 4. The van der Waals surface area contributed by atoms with Crippen LogP contribution in [0.2, 0.25) is 0 Å². The summed E-state index contributed by atoms with van der Waals surface area (Å²) in [5.41, 5.74) is 5.56. The Labute approximate surface area is 199 Å². The molecule has 1 fully saturated rings. The zero-order valence-electron chi connectivity index (χ0n) is 18.3. The first-order chi connectivity index (χ1) is 16.3. The largest absolute Gasteiger partial charge is 0.497 e. The standard InChI is InChI=1S/C21H25F3N6O3S/c1-32-13-6-4-12(5-7-13)16-9-17(21(22,23)24)30-18(27-16)15(11-26-30)19(31)28-29-20(34)25-10-14-3-2-8-33-14/h4-7,11,14,16-17,27H,2-3,8-10H2,1H3,(H,28,31)(H2,25,29,34)/t14-,16+,17+/m0/s1. The topological polar surface area (TPSA) is 101 Å². The molecule has 0 saturated carbocycles. The van der Waals surface area contributed by atoms with Crippen LogP contribution in [0.5, 0.6) is 5.75 Å². The molecule has 2 aromatic rings. The number of nitrogens with zero attached hydrogens (tertiary/aromatic N) is 2. The number of hydrogen-bond acceptors (Lipinski definition) is 6. The van der Waals surface area contributed by atoms with E-state index in [-0.39, 0.29) is 29.0 Å². The summed E-state index contributed by atoms with van der Waals surface area (Å²) in [5.74, 6) is -0.106. The van der Waals surface area contributed by atoms with Crippen molar-refractivity contribution in [1.82, 2.24) is 25.9 Å². The number of anilines is 1. The van der Waals surface area contributed by atoms with Crippen LogP contribution in [0.25, 0.3) is 0 Å². The summed E-state index contributed by atoms with van der Waals surface area (Å²) in [5, 5.41) is 10.0. The van der Waals surface area contributed by atoms with E-state index in [1.807, 2.05) is 0 Å². The van der Waals surface area contributed by atoms with Crippen LogP contribution < -0.4 is 26.2 Å². The van der Waals surface area contributed by atoms with Crippen LogP contribution in [0, 0.1) is 0 Å². The normalized spacial score (nSPS) is 21.8. The maximum absolute atomic E-state index is 13.8. The predicted molar refractivity (Wildman–Crippen MR) is 121 cm³/mol. The molecule has 4 rings (SSSR count). The van der Waals surface area contributed by atoms with E-state index in [9.17, 15) is 18.0 Å². The SMILES string of the molecule is COc1ccc([C@H]2C[C@H](C(F)(F)F)n3ncc(C(=O)NNC(=S)NC[C@@H]4CCCO4)c3N2)cc1. The third-order valence-electron chi connectivity index (χ3n) is 5.81. The molecular weight excluding hydrogens is 473 g/mol. The first-order valence-electron chi connectivity index (χ1n) is 10.8. The summed E-state index contributed by atoms with van der Waals surface area (Å²) in [6.45, 7) is 1.20. The van der Waals surface area contributed by atoms with Crippen LogP contribution >= 0.6 is 12.2 Å². The Balaban J connectivity index is 1.47. The van der Waals surface area contributed by atoms with Gasteiger partial charge in [-0.05, 0) is 42.8 Å². The summed E-state index contributed by atoms with van der Waals surface area (Å²) in [4.78, 5) is 12.7. The average Bonchev–Trinajstić information content (AvgIpc) is 3.50. The highest BCUT2D eigenvalue weighted by atomic mass is 32.1. The van der Waals surface area contributed by atoms with E-state index in [1.54, 1.807) is 24.3 Å². The lowest BCUT2D eigenvalue weighted by Gasteiger charge is -2.34. The highest BCUT2D eigenvalue weighted by Crippen LogP contribution is 2.44. The summed E-state index contributed by atoms with van der Waals surface area (Å²) >= 11 is 5.14. The second-order valence-electron chi connectivity index (χ2n) is 8.04. The smallest absolute Gasteiger partial charge is 0.410 e. The van der Waals surface area contributed by atoms with Crippen molar-refractivity contribution < 1.29 is 27.4 Å². The van der Waals surface area contributed by atoms with E-state index in [2.05, 4.69) is 26.6 Å². The Bertz CT molecular complexity index is 1020. The summed E-state index contributed by atoms with van der Waals surface area (Å²) < 4.78 is 53.0. The van der Waals surface area contributed by atoms with Crippen molar-refractivity contribution in [3.63, 3.8) is 0 Å². The second kappa shape index (κ2) is 10.1. The van der Waals surface area contributed by atoms with Crippen molar-refractivity contribution in [2.45, 2.75) is 43.6 Å². The molecule has 184 valence electrons. The highest BCUT2D eigenvalue weighted by molar-refractivity contribution is 7.80. The van der Waals surface area contributed by atoms with Gasteiger partial charge in [0.05, 0.1) is 25.5 Å². The Morgan fingerprint density at radius 3 is 2.74 bits per heavy atom. The number of thiocarbonyl (C=S) groups is 1. The minimum absolute atomic E-state index is 0.0214. The monoisotopic (exact) mass is 498 g/mol. The molecule has 0 unspecified atom stereocenters. The van der Waals surface area contributed by atoms with Crippen LogP contribution in [0.1, 0.15) is 47.3 Å². The van der Waals surface area contributed by atoms with Crippen LogP contribution in [0.3, 0.4) is 0 Å². The van der Waals surface area contributed by atoms with Crippen molar-refractivity contribution in [3.8, 4) is 5.75 Å². The second-order valence-corrected chi connectivity index (χ2v) is 8.45. The van der Waals surface area contributed by atoms with Gasteiger partial charge in [-0.15, -0.1) is 0 Å². The first kappa shape index (κ1) is 24.1. The predicted octanol–water partition coefficient (Wildman–Crippen LogP) is 2.84. The molecule has 1 aromatic heterocycles. The number of hydrazine groups is 1. The number of aromatic nitrogens is 2. The highest BCUT2D eigenvalue weighted by Gasteiger charge is 2.47. The lowest BCUT2D eigenvalue weighted by molar-refractivity contribution is -0.173. The van der Waals surface area contributed by atoms with E-state index in [4.69, 9.17) is 21.7 Å². The molecule has 3 heterocycles. The van der Waals surface area contributed by atoms with Crippen molar-refractivity contribution in [2.24, 2.45) is 0 Å². The van der Waals surface area contributed by atoms with Gasteiger partial charge in [-0.3, -0.25) is 15.6 Å². The van der Waals surface area contributed by atoms with Gasteiger partial charge in [0.2, 0.25) is 0 Å². The number of nitrogens with one attached hydrogen (secondary N) is 4. The van der Waals surface area contributed by atoms with Gasteiger partial charge in [0.1, 0.15) is 17.1 Å². The van der Waals surface area contributed by atoms with Gasteiger partial charge in [-0.2, -0.15) is 18.3 Å². The zero-order valence-corrected chi connectivity index (χ0v) is 19.1. The molecule has 0 bridgehead atoms. The summed E-state index contributed by atoms with van der Waals surface area (Å²) in [7, 11) is 1.51. The number of benzene rings is 1. The minimum Gasteiger partial charge on any atom is -0.497 e. The molecule has 9 nitrogen and oxygen atoms in total. The molecule has 0 spiro atoms. The van der Waals surface area contributed by atoms with E-state index in [0.717, 1.165) is 23.7 Å². The van der Waals surface area contributed by atoms with E-state index in [1.165, 1.54) is 7.11 Å². The number of amides is 1. The molecule has 3 atom stereocenters. The van der Waals surface area contributed by atoms with Crippen LogP contribution in [-0.4, -0.2) is 53.3 Å². The van der Waals surface area contributed by atoms with Crippen LogP contribution in [0.15, 0.2) is 30.5 Å². The molecule has 13 heteroatoms. The van der Waals surface area contributed by atoms with Crippen molar-refractivity contribution in [2.75, 3.05) is 25.6 Å². The van der Waals surface area contributed by atoms with Crippen LogP contribution in [-0.2, 0) is 4.74 Å². The van der Waals surface area contributed by atoms with Gasteiger partial charge in [0, 0.05) is 19.6 Å². The summed E-state index contributed by atoms with van der Waals surface area (Å²) in [6, 6.07) is 4.15. The van der Waals surface area contributed by atoms with Gasteiger partial charge in [0.15, 0.2) is 11.2 Å². The Kier molecular flexibility index (Phi) is 7.12. The lowest BCUT2D eigenvalue weighted by Crippen LogP contribution is -2.48. The van der Waals surface area contributed by atoms with Gasteiger partial charge in [0.25, 0.3) is 5.91 Å². The number of carbonyl (C=O) groups excluding carboxylic acids is 1. The van der Waals surface area contributed by atoms with Gasteiger partial charge in [-0.1, -0.05) is 12.1 Å². The fourth-order valence-corrected chi connectivity index (χ4v) is 4.15. The maximum Gasteiger partial charge on any atom is 0.410 e. The molecule has 4 N–H and O–H groups in total. The van der Waals surface area contributed by atoms with Gasteiger partial charge >= 0.3 is 6.18 Å². The molecule has 1 saturated heterocycles. The molecule has 1 aromatic carbocycles. The molecule has 2 aliphatic heterocycles.